The number of hydrogen-bond donors (Lipinski definition) is 1. The van der Waals surface area contributed by atoms with Crippen LogP contribution in [0.4, 0.5) is 5.69 Å². The monoisotopic (exact) mass is 338 g/mol. The molecule has 5 nitrogen and oxygen atoms in total. The first-order valence-corrected chi connectivity index (χ1v) is 9.01. The largest absolute Gasteiger partial charge is 0.369 e. The van der Waals surface area contributed by atoms with Crippen LogP contribution in [0.3, 0.4) is 0 Å². The molecule has 5 heteroatoms. The van der Waals surface area contributed by atoms with E-state index in [9.17, 15) is 4.79 Å². The zero-order chi connectivity index (χ0) is 17.5. The molecule has 1 saturated heterocycles. The molecule has 0 radical (unpaired) electrons. The summed E-state index contributed by atoms with van der Waals surface area (Å²) in [5.41, 5.74) is 2.79. The topological polar surface area (TPSA) is 48.5 Å². The van der Waals surface area contributed by atoms with Gasteiger partial charge in [-0.3, -0.25) is 9.78 Å². The van der Waals surface area contributed by atoms with E-state index in [2.05, 4.69) is 39.2 Å². The van der Waals surface area contributed by atoms with Gasteiger partial charge in [0.1, 0.15) is 5.69 Å². The lowest BCUT2D eigenvalue weighted by molar-refractivity contribution is 0.0949. The minimum Gasteiger partial charge on any atom is -0.369 e. The maximum atomic E-state index is 12.4. The van der Waals surface area contributed by atoms with Gasteiger partial charge in [-0.15, -0.1) is 0 Å². The highest BCUT2D eigenvalue weighted by atomic mass is 16.1. The summed E-state index contributed by atoms with van der Waals surface area (Å²) in [5, 5.41) is 2.97. The molecule has 0 aliphatic carbocycles. The van der Waals surface area contributed by atoms with Gasteiger partial charge in [-0.1, -0.05) is 37.3 Å². The van der Waals surface area contributed by atoms with Crippen LogP contribution in [0.1, 0.15) is 23.0 Å². The Hall–Kier alpha value is -2.40. The first-order valence-electron chi connectivity index (χ1n) is 9.01. The first-order chi connectivity index (χ1) is 12.3. The van der Waals surface area contributed by atoms with E-state index < -0.39 is 0 Å². The van der Waals surface area contributed by atoms with Gasteiger partial charge in [0.25, 0.3) is 5.91 Å². The summed E-state index contributed by atoms with van der Waals surface area (Å²) in [7, 11) is 0. The van der Waals surface area contributed by atoms with Crippen LogP contribution in [-0.2, 0) is 6.42 Å². The van der Waals surface area contributed by atoms with Crippen LogP contribution in [0.15, 0.2) is 48.7 Å². The van der Waals surface area contributed by atoms with Crippen molar-refractivity contribution in [1.29, 1.82) is 0 Å². The fourth-order valence-corrected chi connectivity index (χ4v) is 3.12. The van der Waals surface area contributed by atoms with Gasteiger partial charge in [0.15, 0.2) is 0 Å². The highest BCUT2D eigenvalue weighted by Crippen LogP contribution is 2.16. The number of nitrogens with zero attached hydrogens (tertiary/aromatic N) is 3. The van der Waals surface area contributed by atoms with Crippen LogP contribution in [0.5, 0.6) is 0 Å². The summed E-state index contributed by atoms with van der Waals surface area (Å²) in [6, 6.07) is 14.1. The van der Waals surface area contributed by atoms with Crippen molar-refractivity contribution in [3.8, 4) is 0 Å². The van der Waals surface area contributed by atoms with Gasteiger partial charge < -0.3 is 15.1 Å². The third-order valence-corrected chi connectivity index (χ3v) is 4.70. The predicted molar refractivity (Wildman–Crippen MR) is 101 cm³/mol. The third kappa shape index (κ3) is 4.79. The first kappa shape index (κ1) is 17.4. The van der Waals surface area contributed by atoms with Gasteiger partial charge in [0.2, 0.25) is 0 Å². The number of rotatable bonds is 6. The third-order valence-electron chi connectivity index (χ3n) is 4.70. The molecule has 1 aromatic heterocycles. The highest BCUT2D eigenvalue weighted by molar-refractivity contribution is 5.93. The lowest BCUT2D eigenvalue weighted by atomic mass is 10.1. The predicted octanol–water partition coefficient (Wildman–Crippen LogP) is 2.20. The van der Waals surface area contributed by atoms with Crippen molar-refractivity contribution in [2.45, 2.75) is 13.3 Å². The molecule has 0 spiro atoms. The summed E-state index contributed by atoms with van der Waals surface area (Å²) in [5.74, 6) is -0.107. The second-order valence-corrected chi connectivity index (χ2v) is 6.31. The smallest absolute Gasteiger partial charge is 0.269 e. The number of pyridine rings is 1. The molecule has 0 bridgehead atoms. The fourth-order valence-electron chi connectivity index (χ4n) is 3.12. The molecule has 132 valence electrons. The summed E-state index contributed by atoms with van der Waals surface area (Å²) in [6.45, 7) is 8.03. The molecule has 1 aliphatic heterocycles. The molecule has 3 rings (SSSR count). The second-order valence-electron chi connectivity index (χ2n) is 6.31. The van der Waals surface area contributed by atoms with Crippen LogP contribution in [0.25, 0.3) is 0 Å². The zero-order valence-corrected chi connectivity index (χ0v) is 14.8. The minimum atomic E-state index is -0.107. The van der Waals surface area contributed by atoms with Crippen LogP contribution >= 0.6 is 0 Å². The number of anilines is 1. The molecule has 1 aliphatic rings. The molecule has 0 saturated carbocycles. The van der Waals surface area contributed by atoms with Crippen molar-refractivity contribution >= 4 is 11.6 Å². The van der Waals surface area contributed by atoms with E-state index in [1.54, 1.807) is 6.20 Å². The summed E-state index contributed by atoms with van der Waals surface area (Å²) in [4.78, 5) is 21.4. The van der Waals surface area contributed by atoms with Crippen molar-refractivity contribution in [3.05, 3.63) is 59.9 Å². The van der Waals surface area contributed by atoms with Gasteiger partial charge in [-0.2, -0.15) is 0 Å². The Bertz CT molecular complexity index is 681. The van der Waals surface area contributed by atoms with Crippen LogP contribution < -0.4 is 10.2 Å². The van der Waals surface area contributed by atoms with Gasteiger partial charge in [-0.25, -0.2) is 0 Å². The quantitative estimate of drug-likeness (QED) is 0.877. The summed E-state index contributed by atoms with van der Waals surface area (Å²) < 4.78 is 0. The highest BCUT2D eigenvalue weighted by Gasteiger charge is 2.17. The van der Waals surface area contributed by atoms with Crippen molar-refractivity contribution in [2.24, 2.45) is 0 Å². The SMILES string of the molecule is CCN1CCN(c2ccnc(C(=O)NCCc3ccccc3)c2)CC1. The van der Waals surface area contributed by atoms with Gasteiger partial charge in [0.05, 0.1) is 0 Å². The average molecular weight is 338 g/mol. The maximum Gasteiger partial charge on any atom is 0.269 e. The number of carbonyl (C=O) groups excluding carboxylic acids is 1. The molecule has 0 unspecified atom stereocenters. The summed E-state index contributed by atoms with van der Waals surface area (Å²) >= 11 is 0. The van der Waals surface area contributed by atoms with E-state index in [0.29, 0.717) is 12.2 Å². The second kappa shape index (κ2) is 8.62. The number of benzene rings is 1. The number of likely N-dealkylation sites (N-methyl/N-ethyl adjacent to an activating group) is 1. The van der Waals surface area contributed by atoms with E-state index in [1.165, 1.54) is 5.56 Å². The molecule has 1 N–H and O–H groups in total. The number of piperazine rings is 1. The van der Waals surface area contributed by atoms with E-state index in [-0.39, 0.29) is 5.91 Å². The standard InChI is InChI=1S/C20H26N4O/c1-2-23-12-14-24(15-13-23)18-9-11-21-19(16-18)20(25)22-10-8-17-6-4-3-5-7-17/h3-7,9,11,16H,2,8,10,12-15H2,1H3,(H,22,25). The van der Waals surface area contributed by atoms with Crippen molar-refractivity contribution in [2.75, 3.05) is 44.2 Å². The number of carbonyl (C=O) groups is 1. The Morgan fingerprint density at radius 2 is 1.88 bits per heavy atom. The zero-order valence-electron chi connectivity index (χ0n) is 14.8. The maximum absolute atomic E-state index is 12.4. The van der Waals surface area contributed by atoms with Gasteiger partial charge in [0, 0.05) is 44.6 Å². The molecule has 2 heterocycles. The molecule has 1 fully saturated rings. The van der Waals surface area contributed by atoms with Crippen LogP contribution in [0, 0.1) is 0 Å². The van der Waals surface area contributed by atoms with E-state index in [1.807, 2.05) is 30.3 Å². The Balaban J connectivity index is 1.54. The van der Waals surface area contributed by atoms with E-state index >= 15 is 0 Å². The Morgan fingerprint density at radius 1 is 1.12 bits per heavy atom. The normalized spacial score (nSPS) is 15.2. The molecular formula is C20H26N4O. The molecule has 25 heavy (non-hydrogen) atoms. The Kier molecular flexibility index (Phi) is 6.01. The number of aromatic nitrogens is 1. The van der Waals surface area contributed by atoms with E-state index in [0.717, 1.165) is 44.8 Å². The van der Waals surface area contributed by atoms with Gasteiger partial charge >= 0.3 is 0 Å². The molecule has 1 amide bonds. The molecule has 2 aromatic rings. The van der Waals surface area contributed by atoms with Gasteiger partial charge in [-0.05, 0) is 30.7 Å². The van der Waals surface area contributed by atoms with Crippen molar-refractivity contribution in [1.82, 2.24) is 15.2 Å². The van der Waals surface area contributed by atoms with Crippen molar-refractivity contribution in [3.63, 3.8) is 0 Å². The molecule has 0 atom stereocenters. The van der Waals surface area contributed by atoms with Crippen LogP contribution in [-0.4, -0.2) is 55.1 Å². The molecule has 1 aromatic carbocycles. The number of nitrogens with one attached hydrogen (secondary N) is 1. The average Bonchev–Trinajstić information content (AvgIpc) is 2.69. The Labute approximate surface area is 149 Å². The lowest BCUT2D eigenvalue weighted by Crippen LogP contribution is -2.46. The minimum absolute atomic E-state index is 0.107. The lowest BCUT2D eigenvalue weighted by Gasteiger charge is -2.35. The Morgan fingerprint density at radius 3 is 2.60 bits per heavy atom. The fraction of sp³-hybridized carbons (Fsp3) is 0.400. The van der Waals surface area contributed by atoms with Crippen LogP contribution in [0.2, 0.25) is 0 Å². The molecular weight excluding hydrogens is 312 g/mol. The number of hydrogen-bond acceptors (Lipinski definition) is 4. The summed E-state index contributed by atoms with van der Waals surface area (Å²) in [6.07, 6.45) is 2.55. The van der Waals surface area contributed by atoms with E-state index in [4.69, 9.17) is 0 Å². The number of amides is 1. The van der Waals surface area contributed by atoms with Crippen molar-refractivity contribution < 1.29 is 4.79 Å².